The van der Waals surface area contributed by atoms with E-state index in [1.165, 1.54) is 16.0 Å². The van der Waals surface area contributed by atoms with E-state index in [0.717, 1.165) is 13.0 Å². The van der Waals surface area contributed by atoms with E-state index in [0.29, 0.717) is 11.8 Å². The fourth-order valence-electron chi connectivity index (χ4n) is 2.22. The molecule has 0 amide bonds. The number of phenolic OH excluding ortho intramolecular Hbond substituents is 1. The molecule has 2 atom stereocenters. The summed E-state index contributed by atoms with van der Waals surface area (Å²) in [5.74, 6) is 0.832. The van der Waals surface area contributed by atoms with E-state index in [1.807, 2.05) is 12.1 Å². The number of likely N-dealkylation sites (N-methyl/N-ethyl adjacent to an activating group) is 1. The van der Waals surface area contributed by atoms with Crippen molar-refractivity contribution in [1.29, 1.82) is 0 Å². The molecule has 0 fully saturated rings. The standard InChI is InChI=1S/C12H17NO2/c1-8-10-7-12(15-3)11(14)6-9(10)4-5-13(8)2/h6-8,14H,4-5H2,1-3H3/p+1. The lowest BCUT2D eigenvalue weighted by Crippen LogP contribution is -3.10. The normalized spacial score (nSPS) is 24.7. The van der Waals surface area contributed by atoms with Gasteiger partial charge in [-0.3, -0.25) is 0 Å². The number of benzene rings is 1. The lowest BCUT2D eigenvalue weighted by atomic mass is 9.93. The first-order valence-corrected chi connectivity index (χ1v) is 5.35. The molecular formula is C12H18NO2+. The number of hydrogen-bond donors (Lipinski definition) is 2. The summed E-state index contributed by atoms with van der Waals surface area (Å²) in [4.78, 5) is 1.51. The molecule has 1 aliphatic rings. The second-order valence-corrected chi connectivity index (χ2v) is 4.29. The van der Waals surface area contributed by atoms with Crippen molar-refractivity contribution in [3.8, 4) is 11.5 Å². The van der Waals surface area contributed by atoms with Crippen molar-refractivity contribution in [2.75, 3.05) is 20.7 Å². The average molecular weight is 208 g/mol. The topological polar surface area (TPSA) is 33.9 Å². The molecule has 1 aromatic rings. The zero-order valence-corrected chi connectivity index (χ0v) is 9.50. The molecule has 0 spiro atoms. The van der Waals surface area contributed by atoms with Crippen LogP contribution in [0.15, 0.2) is 12.1 Å². The molecule has 82 valence electrons. The molecule has 0 aliphatic carbocycles. The molecule has 0 saturated heterocycles. The van der Waals surface area contributed by atoms with Gasteiger partial charge in [0.05, 0.1) is 20.7 Å². The zero-order chi connectivity index (χ0) is 11.0. The average Bonchev–Trinajstić information content (AvgIpc) is 2.23. The summed E-state index contributed by atoms with van der Waals surface area (Å²) in [5, 5.41) is 9.69. The summed E-state index contributed by atoms with van der Waals surface area (Å²) < 4.78 is 5.14. The predicted molar refractivity (Wildman–Crippen MR) is 58.5 cm³/mol. The number of phenols is 1. The SMILES string of the molecule is COc1cc2c(cc1O)CC[NH+](C)C2C. The van der Waals surface area contributed by atoms with E-state index in [2.05, 4.69) is 14.0 Å². The summed E-state index contributed by atoms with van der Waals surface area (Å²) in [6.07, 6.45) is 1.03. The molecule has 0 radical (unpaired) electrons. The number of quaternary nitrogens is 1. The van der Waals surface area contributed by atoms with Gasteiger partial charge in [-0.05, 0) is 24.6 Å². The molecule has 1 aromatic carbocycles. The lowest BCUT2D eigenvalue weighted by molar-refractivity contribution is -0.912. The highest BCUT2D eigenvalue weighted by molar-refractivity contribution is 5.47. The first-order chi connectivity index (χ1) is 7.13. The van der Waals surface area contributed by atoms with Crippen LogP contribution < -0.4 is 9.64 Å². The van der Waals surface area contributed by atoms with Gasteiger partial charge in [-0.25, -0.2) is 0 Å². The van der Waals surface area contributed by atoms with Crippen LogP contribution in [-0.4, -0.2) is 25.8 Å². The minimum atomic E-state index is 0.253. The van der Waals surface area contributed by atoms with Gasteiger partial charge in [-0.1, -0.05) is 0 Å². The highest BCUT2D eigenvalue weighted by Gasteiger charge is 2.25. The summed E-state index contributed by atoms with van der Waals surface area (Å²) >= 11 is 0. The molecule has 0 saturated carbocycles. The first kappa shape index (κ1) is 10.3. The van der Waals surface area contributed by atoms with Crippen molar-refractivity contribution in [2.24, 2.45) is 0 Å². The highest BCUT2D eigenvalue weighted by Crippen LogP contribution is 2.32. The van der Waals surface area contributed by atoms with E-state index < -0.39 is 0 Å². The second kappa shape index (κ2) is 3.74. The Hall–Kier alpha value is -1.22. The summed E-state index contributed by atoms with van der Waals surface area (Å²) in [5.41, 5.74) is 2.56. The Morgan fingerprint density at radius 2 is 2.20 bits per heavy atom. The number of nitrogens with one attached hydrogen (secondary N) is 1. The van der Waals surface area contributed by atoms with Gasteiger partial charge in [0, 0.05) is 12.0 Å². The maximum absolute atomic E-state index is 9.69. The van der Waals surface area contributed by atoms with Crippen LogP contribution in [0.5, 0.6) is 11.5 Å². The first-order valence-electron chi connectivity index (χ1n) is 5.35. The lowest BCUT2D eigenvalue weighted by Gasteiger charge is -2.29. The largest absolute Gasteiger partial charge is 0.504 e. The molecule has 15 heavy (non-hydrogen) atoms. The molecule has 2 rings (SSSR count). The smallest absolute Gasteiger partial charge is 0.161 e. The van der Waals surface area contributed by atoms with E-state index in [9.17, 15) is 5.11 Å². The van der Waals surface area contributed by atoms with E-state index in [-0.39, 0.29) is 5.75 Å². The van der Waals surface area contributed by atoms with Gasteiger partial charge in [0.25, 0.3) is 0 Å². The molecule has 2 unspecified atom stereocenters. The predicted octanol–water partition coefficient (Wildman–Crippen LogP) is 0.533. The van der Waals surface area contributed by atoms with Gasteiger partial charge < -0.3 is 14.7 Å². The van der Waals surface area contributed by atoms with Gasteiger partial charge >= 0.3 is 0 Å². The Balaban J connectivity index is 2.48. The summed E-state index contributed by atoms with van der Waals surface area (Å²) in [6.45, 7) is 3.34. The van der Waals surface area contributed by atoms with Crippen molar-refractivity contribution in [2.45, 2.75) is 19.4 Å². The number of aromatic hydroxyl groups is 1. The van der Waals surface area contributed by atoms with Crippen LogP contribution in [-0.2, 0) is 6.42 Å². The van der Waals surface area contributed by atoms with Crippen molar-refractivity contribution >= 4 is 0 Å². The summed E-state index contributed by atoms with van der Waals surface area (Å²) in [7, 11) is 3.79. The minimum Gasteiger partial charge on any atom is -0.504 e. The number of rotatable bonds is 1. The van der Waals surface area contributed by atoms with Crippen LogP contribution in [0.1, 0.15) is 24.1 Å². The van der Waals surface area contributed by atoms with Crippen LogP contribution in [0, 0.1) is 0 Å². The highest BCUT2D eigenvalue weighted by atomic mass is 16.5. The fraction of sp³-hybridized carbons (Fsp3) is 0.500. The maximum Gasteiger partial charge on any atom is 0.161 e. The van der Waals surface area contributed by atoms with Crippen LogP contribution in [0.25, 0.3) is 0 Å². The Morgan fingerprint density at radius 1 is 1.47 bits per heavy atom. The third kappa shape index (κ3) is 1.67. The number of hydrogen-bond acceptors (Lipinski definition) is 2. The Morgan fingerprint density at radius 3 is 2.87 bits per heavy atom. The quantitative estimate of drug-likeness (QED) is 0.706. The molecular weight excluding hydrogens is 190 g/mol. The minimum absolute atomic E-state index is 0.253. The maximum atomic E-state index is 9.69. The van der Waals surface area contributed by atoms with Gasteiger partial charge in [0.1, 0.15) is 6.04 Å². The molecule has 3 nitrogen and oxygen atoms in total. The van der Waals surface area contributed by atoms with E-state index in [1.54, 1.807) is 7.11 Å². The van der Waals surface area contributed by atoms with E-state index in [4.69, 9.17) is 4.74 Å². The van der Waals surface area contributed by atoms with Crippen LogP contribution in [0.3, 0.4) is 0 Å². The van der Waals surface area contributed by atoms with Gasteiger partial charge in [-0.15, -0.1) is 0 Å². The third-order valence-electron chi connectivity index (χ3n) is 3.44. The molecule has 2 N–H and O–H groups in total. The van der Waals surface area contributed by atoms with Crippen LogP contribution >= 0.6 is 0 Å². The van der Waals surface area contributed by atoms with Gasteiger partial charge in [-0.2, -0.15) is 0 Å². The van der Waals surface area contributed by atoms with Crippen molar-refractivity contribution in [3.05, 3.63) is 23.3 Å². The van der Waals surface area contributed by atoms with Crippen molar-refractivity contribution in [3.63, 3.8) is 0 Å². The summed E-state index contributed by atoms with van der Waals surface area (Å²) in [6, 6.07) is 4.29. The van der Waals surface area contributed by atoms with Gasteiger partial charge in [0.15, 0.2) is 11.5 Å². The molecule has 1 heterocycles. The Labute approximate surface area is 90.3 Å². The van der Waals surface area contributed by atoms with Crippen molar-refractivity contribution in [1.82, 2.24) is 0 Å². The number of fused-ring (bicyclic) bond motifs is 1. The Bertz CT molecular complexity index is 376. The molecule has 0 aromatic heterocycles. The molecule has 3 heteroatoms. The number of methoxy groups -OCH3 is 1. The molecule has 1 aliphatic heterocycles. The molecule has 0 bridgehead atoms. The van der Waals surface area contributed by atoms with E-state index >= 15 is 0 Å². The van der Waals surface area contributed by atoms with Gasteiger partial charge in [0.2, 0.25) is 0 Å². The van der Waals surface area contributed by atoms with Crippen LogP contribution in [0.4, 0.5) is 0 Å². The Kier molecular flexibility index (Phi) is 2.57. The number of ether oxygens (including phenoxy) is 1. The second-order valence-electron chi connectivity index (χ2n) is 4.29. The monoisotopic (exact) mass is 208 g/mol. The fourth-order valence-corrected chi connectivity index (χ4v) is 2.22. The van der Waals surface area contributed by atoms with Crippen LogP contribution in [0.2, 0.25) is 0 Å². The zero-order valence-electron chi connectivity index (χ0n) is 9.50. The third-order valence-corrected chi connectivity index (χ3v) is 3.44. The van der Waals surface area contributed by atoms with Crippen molar-refractivity contribution < 1.29 is 14.7 Å².